The van der Waals surface area contributed by atoms with Crippen LogP contribution in [-0.2, 0) is 10.3 Å². The zero-order chi connectivity index (χ0) is 15.5. The molecule has 1 aliphatic heterocycles. The van der Waals surface area contributed by atoms with Gasteiger partial charge in [0.1, 0.15) is 17.1 Å². The van der Waals surface area contributed by atoms with E-state index in [4.69, 9.17) is 9.15 Å². The normalized spacial score (nSPS) is 22.6. The minimum Gasteiger partial charge on any atom is -0.463 e. The lowest BCUT2D eigenvalue weighted by molar-refractivity contribution is 0.0354. The first kappa shape index (κ1) is 15.9. The van der Waals surface area contributed by atoms with Gasteiger partial charge in [0.15, 0.2) is 0 Å². The summed E-state index contributed by atoms with van der Waals surface area (Å²) in [6.07, 6.45) is 2.07. The molecule has 0 bridgehead atoms. The van der Waals surface area contributed by atoms with E-state index in [9.17, 15) is 9.90 Å². The van der Waals surface area contributed by atoms with Crippen molar-refractivity contribution in [2.75, 3.05) is 13.2 Å². The van der Waals surface area contributed by atoms with Crippen LogP contribution in [0.4, 0.5) is 4.79 Å². The maximum absolute atomic E-state index is 11.9. The molecule has 0 aromatic carbocycles. The van der Waals surface area contributed by atoms with E-state index in [-0.39, 0.29) is 24.7 Å². The number of rotatable bonds is 5. The van der Waals surface area contributed by atoms with Gasteiger partial charge in [-0.15, -0.1) is 0 Å². The van der Waals surface area contributed by atoms with Crippen LogP contribution in [0.1, 0.15) is 38.2 Å². The van der Waals surface area contributed by atoms with Crippen LogP contribution in [0.2, 0.25) is 0 Å². The number of hydrogen-bond donors (Lipinski definition) is 3. The molecule has 6 heteroatoms. The van der Waals surface area contributed by atoms with Gasteiger partial charge in [-0.2, -0.15) is 0 Å². The molecule has 0 spiro atoms. The molecule has 3 unspecified atom stereocenters. The molecule has 1 saturated heterocycles. The minimum atomic E-state index is -1.24. The van der Waals surface area contributed by atoms with Crippen molar-refractivity contribution in [2.45, 2.75) is 51.4 Å². The Kier molecular flexibility index (Phi) is 4.90. The van der Waals surface area contributed by atoms with Crippen LogP contribution in [-0.4, -0.2) is 36.4 Å². The summed E-state index contributed by atoms with van der Waals surface area (Å²) in [5.41, 5.74) is -1.24. The van der Waals surface area contributed by atoms with E-state index in [0.29, 0.717) is 5.76 Å². The molecule has 6 nitrogen and oxygen atoms in total. The van der Waals surface area contributed by atoms with Gasteiger partial charge in [0.05, 0.1) is 18.7 Å². The molecule has 3 N–H and O–H groups in total. The summed E-state index contributed by atoms with van der Waals surface area (Å²) >= 11 is 0. The summed E-state index contributed by atoms with van der Waals surface area (Å²) in [4.78, 5) is 11.9. The quantitative estimate of drug-likeness (QED) is 0.771. The summed E-state index contributed by atoms with van der Waals surface area (Å²) in [6.45, 7) is 6.16. The average molecular weight is 296 g/mol. The first-order chi connectivity index (χ1) is 9.88. The molecule has 2 heterocycles. The molecular formula is C15H24N2O4. The Morgan fingerprint density at radius 3 is 2.90 bits per heavy atom. The Labute approximate surface area is 124 Å². The fourth-order valence-electron chi connectivity index (χ4n) is 2.41. The van der Waals surface area contributed by atoms with Crippen LogP contribution < -0.4 is 10.6 Å². The molecule has 1 fully saturated rings. The van der Waals surface area contributed by atoms with Gasteiger partial charge in [0, 0.05) is 6.61 Å². The number of carbonyl (C=O) groups excluding carboxylic acids is 1. The number of carbonyl (C=O) groups is 1. The van der Waals surface area contributed by atoms with Crippen molar-refractivity contribution in [3.63, 3.8) is 0 Å². The number of urea groups is 1. The van der Waals surface area contributed by atoms with Gasteiger partial charge >= 0.3 is 6.03 Å². The highest BCUT2D eigenvalue weighted by Gasteiger charge is 2.28. The van der Waals surface area contributed by atoms with Crippen LogP contribution in [0, 0.1) is 6.92 Å². The summed E-state index contributed by atoms with van der Waals surface area (Å²) in [7, 11) is 0. The Bertz CT molecular complexity index is 478. The lowest BCUT2D eigenvalue weighted by atomic mass is 10.0. The number of ether oxygens (including phenoxy) is 1. The second-order valence-corrected chi connectivity index (χ2v) is 5.85. The monoisotopic (exact) mass is 296 g/mol. The lowest BCUT2D eigenvalue weighted by Gasteiger charge is -2.24. The molecule has 0 aliphatic carbocycles. The van der Waals surface area contributed by atoms with E-state index in [1.165, 1.54) is 0 Å². The third kappa shape index (κ3) is 4.22. The van der Waals surface area contributed by atoms with Gasteiger partial charge in [0.25, 0.3) is 0 Å². The first-order valence-corrected chi connectivity index (χ1v) is 7.34. The molecular weight excluding hydrogens is 272 g/mol. The largest absolute Gasteiger partial charge is 0.463 e. The number of aliphatic hydroxyl groups is 1. The maximum atomic E-state index is 11.9. The summed E-state index contributed by atoms with van der Waals surface area (Å²) in [5, 5.41) is 15.8. The highest BCUT2D eigenvalue weighted by Crippen LogP contribution is 2.22. The Hall–Kier alpha value is -1.53. The van der Waals surface area contributed by atoms with Gasteiger partial charge in [-0.3, -0.25) is 0 Å². The van der Waals surface area contributed by atoms with Crippen LogP contribution in [0.3, 0.4) is 0 Å². The number of aryl methyl sites for hydroxylation is 1. The Morgan fingerprint density at radius 1 is 1.57 bits per heavy atom. The van der Waals surface area contributed by atoms with E-state index in [1.807, 2.05) is 13.8 Å². The predicted molar refractivity (Wildman–Crippen MR) is 78.0 cm³/mol. The highest BCUT2D eigenvalue weighted by molar-refractivity contribution is 5.74. The smallest absolute Gasteiger partial charge is 0.315 e. The van der Waals surface area contributed by atoms with Gasteiger partial charge < -0.3 is 24.9 Å². The molecule has 2 amide bonds. The van der Waals surface area contributed by atoms with Crippen molar-refractivity contribution in [3.8, 4) is 0 Å². The van der Waals surface area contributed by atoms with Gasteiger partial charge in [-0.1, -0.05) is 0 Å². The summed E-state index contributed by atoms with van der Waals surface area (Å²) in [5.74, 6) is 1.16. The van der Waals surface area contributed by atoms with Crippen LogP contribution in [0.15, 0.2) is 16.5 Å². The van der Waals surface area contributed by atoms with Crippen molar-refractivity contribution in [1.82, 2.24) is 10.6 Å². The summed E-state index contributed by atoms with van der Waals surface area (Å²) < 4.78 is 10.9. The summed E-state index contributed by atoms with van der Waals surface area (Å²) in [6, 6.07) is 3.12. The molecule has 3 atom stereocenters. The topological polar surface area (TPSA) is 83.7 Å². The van der Waals surface area contributed by atoms with Crippen LogP contribution in [0.5, 0.6) is 0 Å². The number of nitrogens with one attached hydrogen (secondary N) is 2. The van der Waals surface area contributed by atoms with E-state index in [2.05, 4.69) is 10.6 Å². The van der Waals surface area contributed by atoms with Gasteiger partial charge in [-0.25, -0.2) is 4.79 Å². The first-order valence-electron chi connectivity index (χ1n) is 7.34. The fourth-order valence-corrected chi connectivity index (χ4v) is 2.41. The zero-order valence-electron chi connectivity index (χ0n) is 12.8. The molecule has 21 heavy (non-hydrogen) atoms. The maximum Gasteiger partial charge on any atom is 0.315 e. The molecule has 1 aliphatic rings. The van der Waals surface area contributed by atoms with E-state index in [1.54, 1.807) is 19.1 Å². The van der Waals surface area contributed by atoms with Crippen molar-refractivity contribution < 1.29 is 19.1 Å². The molecule has 1 aromatic heterocycles. The molecule has 118 valence electrons. The average Bonchev–Trinajstić information content (AvgIpc) is 3.07. The van der Waals surface area contributed by atoms with E-state index >= 15 is 0 Å². The third-order valence-electron chi connectivity index (χ3n) is 3.75. The second-order valence-electron chi connectivity index (χ2n) is 5.85. The van der Waals surface area contributed by atoms with Crippen molar-refractivity contribution in [3.05, 3.63) is 23.7 Å². The van der Waals surface area contributed by atoms with Crippen molar-refractivity contribution in [1.29, 1.82) is 0 Å². The molecule has 2 rings (SSSR count). The van der Waals surface area contributed by atoms with E-state index < -0.39 is 5.60 Å². The third-order valence-corrected chi connectivity index (χ3v) is 3.75. The predicted octanol–water partition coefficient (Wildman–Crippen LogP) is 1.66. The number of furan rings is 1. The van der Waals surface area contributed by atoms with Crippen LogP contribution >= 0.6 is 0 Å². The van der Waals surface area contributed by atoms with Crippen molar-refractivity contribution >= 4 is 6.03 Å². The minimum absolute atomic E-state index is 0.0525. The SMILES string of the molecule is Cc1ccc(C(C)(O)CNC(=O)NC(C)C2CCCO2)o1. The Balaban J connectivity index is 1.80. The highest BCUT2D eigenvalue weighted by atomic mass is 16.5. The molecule has 0 radical (unpaired) electrons. The molecule has 1 aromatic rings. The fraction of sp³-hybridized carbons (Fsp3) is 0.667. The van der Waals surface area contributed by atoms with Crippen LogP contribution in [0.25, 0.3) is 0 Å². The lowest BCUT2D eigenvalue weighted by Crippen LogP contribution is -2.49. The standard InChI is InChI=1S/C15H24N2O4/c1-10-6-7-13(21-10)15(3,19)9-16-14(18)17-11(2)12-5-4-8-20-12/h6-7,11-12,19H,4-5,8-9H2,1-3H3,(H2,16,17,18). The van der Waals surface area contributed by atoms with Gasteiger partial charge in [0.2, 0.25) is 0 Å². The second kappa shape index (κ2) is 6.49. The molecule has 0 saturated carbocycles. The Morgan fingerprint density at radius 2 is 2.33 bits per heavy atom. The van der Waals surface area contributed by atoms with E-state index in [0.717, 1.165) is 25.2 Å². The number of hydrogen-bond acceptors (Lipinski definition) is 4. The van der Waals surface area contributed by atoms with Gasteiger partial charge in [-0.05, 0) is 45.7 Å². The zero-order valence-corrected chi connectivity index (χ0v) is 12.8. The van der Waals surface area contributed by atoms with Crippen molar-refractivity contribution in [2.24, 2.45) is 0 Å². The number of amides is 2.